The van der Waals surface area contributed by atoms with Gasteiger partial charge in [0.05, 0.1) is 12.5 Å². The summed E-state index contributed by atoms with van der Waals surface area (Å²) in [6.45, 7) is 1.78. The van der Waals surface area contributed by atoms with Gasteiger partial charge in [-0.05, 0) is 31.7 Å². The lowest BCUT2D eigenvalue weighted by molar-refractivity contribution is 0.387. The molecule has 0 radical (unpaired) electrons. The number of halogens is 1. The maximum absolute atomic E-state index is 11.5. The van der Waals surface area contributed by atoms with Crippen LogP contribution in [0.3, 0.4) is 0 Å². The van der Waals surface area contributed by atoms with Crippen molar-refractivity contribution in [2.75, 3.05) is 18.6 Å². The molecule has 0 bridgehead atoms. The van der Waals surface area contributed by atoms with E-state index in [0.29, 0.717) is 28.4 Å². The van der Waals surface area contributed by atoms with Crippen molar-refractivity contribution in [3.05, 3.63) is 22.6 Å². The first-order chi connectivity index (χ1) is 10.1. The van der Waals surface area contributed by atoms with Crippen molar-refractivity contribution in [2.24, 2.45) is 0 Å². The van der Waals surface area contributed by atoms with Crippen molar-refractivity contribution in [3.63, 3.8) is 0 Å². The summed E-state index contributed by atoms with van der Waals surface area (Å²) in [6, 6.07) is 1.97. The Morgan fingerprint density at radius 2 is 2.00 bits per heavy atom. The second kappa shape index (κ2) is 5.85. The number of hydrogen-bond acceptors (Lipinski definition) is 5. The highest BCUT2D eigenvalue weighted by molar-refractivity contribution is 7.85. The van der Waals surface area contributed by atoms with Crippen LogP contribution in [0.4, 0.5) is 0 Å². The van der Waals surface area contributed by atoms with Crippen LogP contribution in [0.1, 0.15) is 30.1 Å². The number of fused-ring (bicyclic) bond motifs is 1. The van der Waals surface area contributed by atoms with Gasteiger partial charge >= 0.3 is 0 Å². The van der Waals surface area contributed by atoms with Crippen LogP contribution in [0.15, 0.2) is 6.07 Å². The minimum atomic E-state index is -0.690. The molecule has 0 aromatic carbocycles. The monoisotopic (exact) mass is 325 g/mol. The van der Waals surface area contributed by atoms with Crippen molar-refractivity contribution >= 4 is 33.4 Å². The zero-order valence-corrected chi connectivity index (χ0v) is 13.5. The van der Waals surface area contributed by atoms with Crippen LogP contribution in [-0.4, -0.2) is 37.8 Å². The SMILES string of the molecule is COc1nc2nc(C)nc(Cl)c2cc1C1CCS(=O)CC1. The predicted octanol–water partition coefficient (Wildman–Crippen LogP) is 2.62. The minimum absolute atomic E-state index is 0.298. The van der Waals surface area contributed by atoms with Gasteiger partial charge in [-0.2, -0.15) is 4.98 Å². The van der Waals surface area contributed by atoms with Gasteiger partial charge in [-0.3, -0.25) is 4.21 Å². The van der Waals surface area contributed by atoms with Crippen LogP contribution in [0.2, 0.25) is 5.15 Å². The first-order valence-corrected chi connectivity index (χ1v) is 8.69. The quantitative estimate of drug-likeness (QED) is 0.794. The summed E-state index contributed by atoms with van der Waals surface area (Å²) in [5, 5.41) is 1.15. The highest BCUT2D eigenvalue weighted by atomic mass is 35.5. The Morgan fingerprint density at radius 3 is 2.67 bits per heavy atom. The number of hydrogen-bond donors (Lipinski definition) is 0. The summed E-state index contributed by atoms with van der Waals surface area (Å²) >= 11 is 6.21. The summed E-state index contributed by atoms with van der Waals surface area (Å²) < 4.78 is 16.9. The number of methoxy groups -OCH3 is 1. The molecule has 0 amide bonds. The minimum Gasteiger partial charge on any atom is -0.481 e. The number of aryl methyl sites for hydroxylation is 1. The van der Waals surface area contributed by atoms with Crippen LogP contribution in [0.5, 0.6) is 5.88 Å². The van der Waals surface area contributed by atoms with Gasteiger partial charge in [0.1, 0.15) is 11.0 Å². The van der Waals surface area contributed by atoms with Gasteiger partial charge in [0.25, 0.3) is 0 Å². The second-order valence-electron chi connectivity index (χ2n) is 5.14. The fourth-order valence-corrected chi connectivity index (χ4v) is 4.24. The number of ether oxygens (including phenoxy) is 1. The van der Waals surface area contributed by atoms with Crippen LogP contribution >= 0.6 is 11.6 Å². The average Bonchev–Trinajstić information content (AvgIpc) is 2.47. The predicted molar refractivity (Wildman–Crippen MR) is 83.5 cm³/mol. The third-order valence-corrected chi connectivity index (χ3v) is 5.44. The van der Waals surface area contributed by atoms with E-state index in [1.165, 1.54) is 0 Å². The summed E-state index contributed by atoms with van der Waals surface area (Å²) in [5.41, 5.74) is 1.56. The van der Waals surface area contributed by atoms with E-state index in [0.717, 1.165) is 35.3 Å². The van der Waals surface area contributed by atoms with Crippen molar-refractivity contribution in [1.29, 1.82) is 0 Å². The lowest BCUT2D eigenvalue weighted by Gasteiger charge is -2.23. The number of pyridine rings is 1. The Labute approximate surface area is 130 Å². The largest absolute Gasteiger partial charge is 0.481 e. The molecule has 21 heavy (non-hydrogen) atoms. The van der Waals surface area contributed by atoms with Crippen molar-refractivity contribution in [2.45, 2.75) is 25.7 Å². The van der Waals surface area contributed by atoms with Crippen molar-refractivity contribution in [3.8, 4) is 5.88 Å². The molecule has 2 aromatic heterocycles. The Morgan fingerprint density at radius 1 is 1.29 bits per heavy atom. The summed E-state index contributed by atoms with van der Waals surface area (Å²) in [5.74, 6) is 2.91. The van der Waals surface area contributed by atoms with Crippen LogP contribution in [-0.2, 0) is 10.8 Å². The Kier molecular flexibility index (Phi) is 4.08. The third kappa shape index (κ3) is 2.87. The molecule has 3 heterocycles. The van der Waals surface area contributed by atoms with Gasteiger partial charge in [-0.1, -0.05) is 11.6 Å². The highest BCUT2D eigenvalue weighted by Gasteiger charge is 2.24. The van der Waals surface area contributed by atoms with Crippen molar-refractivity contribution in [1.82, 2.24) is 15.0 Å². The van der Waals surface area contributed by atoms with E-state index in [1.807, 2.05) is 6.07 Å². The first-order valence-electron chi connectivity index (χ1n) is 6.82. The molecule has 7 heteroatoms. The molecule has 0 unspecified atom stereocenters. The van der Waals surface area contributed by atoms with Gasteiger partial charge in [0.2, 0.25) is 5.88 Å². The van der Waals surface area contributed by atoms with E-state index in [1.54, 1.807) is 14.0 Å². The molecule has 0 N–H and O–H groups in total. The summed E-state index contributed by atoms with van der Waals surface area (Å²) in [7, 11) is 0.916. The number of nitrogens with zero attached hydrogens (tertiary/aromatic N) is 3. The fourth-order valence-electron chi connectivity index (χ4n) is 2.68. The van der Waals surface area contributed by atoms with Crippen LogP contribution < -0.4 is 4.74 Å². The summed E-state index contributed by atoms with van der Waals surface area (Å²) in [6.07, 6.45) is 1.75. The van der Waals surface area contributed by atoms with E-state index in [4.69, 9.17) is 16.3 Å². The molecule has 1 saturated heterocycles. The Balaban J connectivity index is 2.11. The van der Waals surface area contributed by atoms with Crippen LogP contribution in [0, 0.1) is 6.92 Å². The molecule has 0 spiro atoms. The van der Waals surface area contributed by atoms with E-state index >= 15 is 0 Å². The maximum Gasteiger partial charge on any atom is 0.218 e. The number of aromatic nitrogens is 3. The molecule has 2 aromatic rings. The molecule has 1 aliphatic heterocycles. The smallest absolute Gasteiger partial charge is 0.218 e. The van der Waals surface area contributed by atoms with Crippen LogP contribution in [0.25, 0.3) is 11.0 Å². The molecule has 0 aliphatic carbocycles. The van der Waals surface area contributed by atoms with Gasteiger partial charge in [0.15, 0.2) is 5.65 Å². The second-order valence-corrected chi connectivity index (χ2v) is 7.20. The lowest BCUT2D eigenvalue weighted by Crippen LogP contribution is -2.18. The van der Waals surface area contributed by atoms with E-state index in [-0.39, 0.29) is 0 Å². The molecular weight excluding hydrogens is 310 g/mol. The Hall–Kier alpha value is -1.27. The van der Waals surface area contributed by atoms with Crippen molar-refractivity contribution < 1.29 is 8.95 Å². The highest BCUT2D eigenvalue weighted by Crippen LogP contribution is 2.36. The molecular formula is C14H16ClN3O2S. The molecule has 3 rings (SSSR count). The van der Waals surface area contributed by atoms with Gasteiger partial charge in [-0.15, -0.1) is 0 Å². The normalized spacial score (nSPS) is 22.4. The summed E-state index contributed by atoms with van der Waals surface area (Å²) in [4.78, 5) is 13.0. The Bertz CT molecular complexity index is 713. The van der Waals surface area contributed by atoms with E-state index in [9.17, 15) is 4.21 Å². The third-order valence-electron chi connectivity index (χ3n) is 3.77. The van der Waals surface area contributed by atoms with Gasteiger partial charge < -0.3 is 4.74 Å². The van der Waals surface area contributed by atoms with E-state index in [2.05, 4.69) is 15.0 Å². The van der Waals surface area contributed by atoms with Gasteiger partial charge in [-0.25, -0.2) is 9.97 Å². The number of rotatable bonds is 2. The lowest BCUT2D eigenvalue weighted by atomic mass is 9.93. The standard InChI is InChI=1S/C14H16ClN3O2S/c1-8-16-12(15)11-7-10(9-3-5-21(19)6-4-9)14(20-2)18-13(11)17-8/h7,9H,3-6H2,1-2H3. The maximum atomic E-state index is 11.5. The molecule has 0 saturated carbocycles. The average molecular weight is 326 g/mol. The first kappa shape index (κ1) is 14.7. The van der Waals surface area contributed by atoms with E-state index < -0.39 is 10.8 Å². The van der Waals surface area contributed by atoms with Gasteiger partial charge in [0, 0.05) is 27.9 Å². The molecule has 0 atom stereocenters. The zero-order valence-electron chi connectivity index (χ0n) is 11.9. The molecule has 5 nitrogen and oxygen atoms in total. The fraction of sp³-hybridized carbons (Fsp3) is 0.500. The zero-order chi connectivity index (χ0) is 15.0. The molecule has 1 fully saturated rings. The molecule has 112 valence electrons. The molecule has 1 aliphatic rings. The topological polar surface area (TPSA) is 65.0 Å².